The third-order valence-electron chi connectivity index (χ3n) is 3.61. The molecule has 0 spiro atoms. The van der Waals surface area contributed by atoms with Crippen molar-refractivity contribution in [1.29, 1.82) is 0 Å². The summed E-state index contributed by atoms with van der Waals surface area (Å²) >= 11 is 0. The molecular formula is C17H17N5O4. The zero-order valence-electron chi connectivity index (χ0n) is 14.3. The molecular weight excluding hydrogens is 338 g/mol. The SMILES string of the molecule is COCCOc1ccc(-c2n[nH]c(-c3ccnc(C)c3)n2)cc1[N+](=O)[O-]. The second kappa shape index (κ2) is 7.70. The van der Waals surface area contributed by atoms with Crippen LogP contribution in [-0.2, 0) is 4.74 Å². The molecule has 0 bridgehead atoms. The van der Waals surface area contributed by atoms with Crippen molar-refractivity contribution in [2.24, 2.45) is 0 Å². The number of hydrogen-bond acceptors (Lipinski definition) is 7. The highest BCUT2D eigenvalue weighted by molar-refractivity contribution is 5.66. The van der Waals surface area contributed by atoms with Crippen LogP contribution >= 0.6 is 0 Å². The van der Waals surface area contributed by atoms with Crippen LogP contribution in [0.4, 0.5) is 5.69 Å². The number of hydrogen-bond donors (Lipinski definition) is 1. The Kier molecular flexibility index (Phi) is 5.18. The highest BCUT2D eigenvalue weighted by atomic mass is 16.6. The summed E-state index contributed by atoms with van der Waals surface area (Å²) in [5.74, 6) is 1.10. The molecule has 3 rings (SSSR count). The molecule has 134 valence electrons. The summed E-state index contributed by atoms with van der Waals surface area (Å²) in [6, 6.07) is 8.30. The van der Waals surface area contributed by atoms with Crippen LogP contribution in [0, 0.1) is 17.0 Å². The average molecular weight is 355 g/mol. The van der Waals surface area contributed by atoms with Gasteiger partial charge in [-0.05, 0) is 31.2 Å². The number of nitro benzene ring substituents is 1. The molecule has 0 aliphatic heterocycles. The normalized spacial score (nSPS) is 10.7. The number of aromatic amines is 1. The van der Waals surface area contributed by atoms with Crippen molar-refractivity contribution in [1.82, 2.24) is 20.2 Å². The van der Waals surface area contributed by atoms with E-state index in [0.29, 0.717) is 23.8 Å². The highest BCUT2D eigenvalue weighted by Gasteiger charge is 2.18. The average Bonchev–Trinajstić information content (AvgIpc) is 3.12. The molecule has 0 amide bonds. The Hall–Kier alpha value is -3.33. The van der Waals surface area contributed by atoms with Gasteiger partial charge in [0.2, 0.25) is 0 Å². The molecule has 0 fully saturated rings. The molecule has 0 radical (unpaired) electrons. The quantitative estimate of drug-likeness (QED) is 0.393. The molecule has 0 aliphatic carbocycles. The summed E-state index contributed by atoms with van der Waals surface area (Å²) in [6.07, 6.45) is 1.68. The maximum Gasteiger partial charge on any atom is 0.311 e. The first kappa shape index (κ1) is 17.5. The Morgan fingerprint density at radius 2 is 2.04 bits per heavy atom. The van der Waals surface area contributed by atoms with E-state index in [4.69, 9.17) is 9.47 Å². The van der Waals surface area contributed by atoms with Crippen molar-refractivity contribution < 1.29 is 14.4 Å². The molecule has 0 aliphatic rings. The number of nitro groups is 1. The predicted molar refractivity (Wildman–Crippen MR) is 93.8 cm³/mol. The number of nitrogens with zero attached hydrogens (tertiary/aromatic N) is 4. The summed E-state index contributed by atoms with van der Waals surface area (Å²) in [7, 11) is 1.53. The van der Waals surface area contributed by atoms with Crippen LogP contribution in [0.1, 0.15) is 5.69 Å². The summed E-state index contributed by atoms with van der Waals surface area (Å²) in [4.78, 5) is 19.4. The lowest BCUT2D eigenvalue weighted by Crippen LogP contribution is -2.06. The molecule has 2 heterocycles. The molecule has 3 aromatic rings. The standard InChI is InChI=1S/C17H17N5O4/c1-11-9-13(5-6-18-11)17-19-16(20-21-17)12-3-4-15(26-8-7-25-2)14(10-12)22(23)24/h3-6,9-10H,7-8H2,1-2H3,(H,19,20,21). The van der Waals surface area contributed by atoms with Gasteiger partial charge in [-0.2, -0.15) is 5.10 Å². The predicted octanol–water partition coefficient (Wildman–Crippen LogP) is 2.78. The van der Waals surface area contributed by atoms with Crippen LogP contribution < -0.4 is 4.74 Å². The van der Waals surface area contributed by atoms with Gasteiger partial charge in [0.25, 0.3) is 0 Å². The minimum atomic E-state index is -0.495. The fourth-order valence-corrected chi connectivity index (χ4v) is 2.37. The van der Waals surface area contributed by atoms with Gasteiger partial charge in [-0.3, -0.25) is 20.2 Å². The number of aromatic nitrogens is 4. The second-order valence-corrected chi connectivity index (χ2v) is 5.47. The first-order chi connectivity index (χ1) is 12.6. The third-order valence-corrected chi connectivity index (χ3v) is 3.61. The number of benzene rings is 1. The van der Waals surface area contributed by atoms with Crippen LogP contribution in [0.5, 0.6) is 5.75 Å². The lowest BCUT2D eigenvalue weighted by Gasteiger charge is -2.06. The molecule has 1 aromatic carbocycles. The number of H-pyrrole nitrogens is 1. The Balaban J connectivity index is 1.90. The number of pyridine rings is 1. The maximum atomic E-state index is 11.3. The van der Waals surface area contributed by atoms with Crippen molar-refractivity contribution in [3.63, 3.8) is 0 Å². The van der Waals surface area contributed by atoms with E-state index in [-0.39, 0.29) is 18.0 Å². The Morgan fingerprint density at radius 3 is 2.77 bits per heavy atom. The van der Waals surface area contributed by atoms with Gasteiger partial charge in [0.05, 0.1) is 11.5 Å². The fraction of sp³-hybridized carbons (Fsp3) is 0.235. The number of ether oxygens (including phenoxy) is 2. The molecule has 0 atom stereocenters. The van der Waals surface area contributed by atoms with Crippen LogP contribution in [0.25, 0.3) is 22.8 Å². The Labute approximate surface area is 149 Å². The number of rotatable bonds is 7. The van der Waals surface area contributed by atoms with E-state index in [1.165, 1.54) is 19.2 Å². The second-order valence-electron chi connectivity index (χ2n) is 5.47. The molecule has 9 nitrogen and oxygen atoms in total. The summed E-state index contributed by atoms with van der Waals surface area (Å²) in [6.45, 7) is 2.45. The lowest BCUT2D eigenvalue weighted by molar-refractivity contribution is -0.385. The van der Waals surface area contributed by atoms with Gasteiger partial charge in [-0.25, -0.2) is 4.98 Å². The van der Waals surface area contributed by atoms with Crippen LogP contribution in [0.2, 0.25) is 0 Å². The molecule has 0 saturated heterocycles. The van der Waals surface area contributed by atoms with Gasteiger partial charge in [-0.1, -0.05) is 0 Å². The van der Waals surface area contributed by atoms with Crippen LogP contribution in [0.15, 0.2) is 36.5 Å². The zero-order chi connectivity index (χ0) is 18.5. The Bertz CT molecular complexity index is 925. The van der Waals surface area contributed by atoms with Gasteiger partial charge in [-0.15, -0.1) is 0 Å². The van der Waals surface area contributed by atoms with Gasteiger partial charge >= 0.3 is 5.69 Å². The Morgan fingerprint density at radius 1 is 1.19 bits per heavy atom. The summed E-state index contributed by atoms with van der Waals surface area (Å²) < 4.78 is 10.3. The largest absolute Gasteiger partial charge is 0.484 e. The van der Waals surface area contributed by atoms with Gasteiger partial charge in [0.1, 0.15) is 6.61 Å². The van der Waals surface area contributed by atoms with Gasteiger partial charge in [0.15, 0.2) is 17.4 Å². The van der Waals surface area contributed by atoms with E-state index in [2.05, 4.69) is 20.2 Å². The van der Waals surface area contributed by atoms with E-state index >= 15 is 0 Å². The highest BCUT2D eigenvalue weighted by Crippen LogP contribution is 2.31. The smallest absolute Gasteiger partial charge is 0.311 e. The summed E-state index contributed by atoms with van der Waals surface area (Å²) in [5.41, 5.74) is 2.06. The third kappa shape index (κ3) is 3.83. The van der Waals surface area contributed by atoms with E-state index in [9.17, 15) is 10.1 Å². The van der Waals surface area contributed by atoms with Crippen molar-refractivity contribution in [3.05, 3.63) is 52.3 Å². The van der Waals surface area contributed by atoms with E-state index in [1.54, 1.807) is 12.3 Å². The fourth-order valence-electron chi connectivity index (χ4n) is 2.37. The van der Waals surface area contributed by atoms with Gasteiger partial charge < -0.3 is 9.47 Å². The molecule has 0 saturated carbocycles. The monoisotopic (exact) mass is 355 g/mol. The van der Waals surface area contributed by atoms with Crippen molar-refractivity contribution in [2.75, 3.05) is 20.3 Å². The van der Waals surface area contributed by atoms with Crippen molar-refractivity contribution >= 4 is 5.69 Å². The minimum absolute atomic E-state index is 0.148. The molecule has 0 unspecified atom stereocenters. The summed E-state index contributed by atoms with van der Waals surface area (Å²) in [5, 5.41) is 18.3. The van der Waals surface area contributed by atoms with E-state index in [0.717, 1.165) is 11.3 Å². The van der Waals surface area contributed by atoms with E-state index < -0.39 is 4.92 Å². The van der Waals surface area contributed by atoms with Gasteiger partial charge in [0, 0.05) is 36.2 Å². The first-order valence-electron chi connectivity index (χ1n) is 7.84. The zero-order valence-corrected chi connectivity index (χ0v) is 14.3. The maximum absolute atomic E-state index is 11.3. The molecule has 1 N–H and O–H groups in total. The molecule has 9 heteroatoms. The van der Waals surface area contributed by atoms with Crippen LogP contribution in [0.3, 0.4) is 0 Å². The molecule has 26 heavy (non-hydrogen) atoms. The van der Waals surface area contributed by atoms with Crippen LogP contribution in [-0.4, -0.2) is 45.4 Å². The number of methoxy groups -OCH3 is 1. The number of nitrogens with one attached hydrogen (secondary N) is 1. The number of aryl methyl sites for hydroxylation is 1. The topological polar surface area (TPSA) is 116 Å². The van der Waals surface area contributed by atoms with Crippen molar-refractivity contribution in [3.8, 4) is 28.5 Å². The van der Waals surface area contributed by atoms with Crippen molar-refractivity contribution in [2.45, 2.75) is 6.92 Å². The van der Waals surface area contributed by atoms with E-state index in [1.807, 2.05) is 19.1 Å². The first-order valence-corrected chi connectivity index (χ1v) is 7.84. The minimum Gasteiger partial charge on any atom is -0.484 e. The molecule has 2 aromatic heterocycles. The lowest BCUT2D eigenvalue weighted by atomic mass is 10.1.